The summed E-state index contributed by atoms with van der Waals surface area (Å²) in [6.07, 6.45) is 2.75. The quantitative estimate of drug-likeness (QED) is 0.644. The average molecular weight is 435 g/mol. The van der Waals surface area contributed by atoms with Gasteiger partial charge in [-0.05, 0) is 37.5 Å². The number of ketones is 1. The maximum atomic E-state index is 12.4. The summed E-state index contributed by atoms with van der Waals surface area (Å²) in [5.74, 6) is -0.218. The van der Waals surface area contributed by atoms with E-state index in [1.165, 1.54) is 4.90 Å². The highest BCUT2D eigenvalue weighted by Crippen LogP contribution is 2.26. The molecule has 3 rings (SSSR count). The number of carbonyl (C=O) groups is 4. The van der Waals surface area contributed by atoms with Crippen LogP contribution in [0.25, 0.3) is 0 Å². The van der Waals surface area contributed by atoms with Crippen LogP contribution >= 0.6 is 15.9 Å². The third-order valence-corrected chi connectivity index (χ3v) is 5.85. The van der Waals surface area contributed by atoms with Gasteiger partial charge in [-0.3, -0.25) is 24.1 Å². The lowest BCUT2D eigenvalue weighted by molar-refractivity contribution is -0.135. The minimum absolute atomic E-state index is 0.0248. The third-order valence-electron chi connectivity index (χ3n) is 5.36. The predicted octanol–water partition coefficient (Wildman–Crippen LogP) is 3.04. The van der Waals surface area contributed by atoms with E-state index < -0.39 is 0 Å². The number of hydrogen-bond donors (Lipinski definition) is 0. The number of rotatable bonds is 6. The second kappa shape index (κ2) is 8.33. The molecule has 1 aromatic carbocycles. The van der Waals surface area contributed by atoms with Crippen LogP contribution in [0, 0.1) is 5.92 Å². The molecule has 27 heavy (non-hydrogen) atoms. The van der Waals surface area contributed by atoms with E-state index in [0.717, 1.165) is 17.3 Å². The Bertz CT molecular complexity index is 784. The Kier molecular flexibility index (Phi) is 6.09. The second-order valence-electron chi connectivity index (χ2n) is 7.03. The van der Waals surface area contributed by atoms with Gasteiger partial charge in [0, 0.05) is 42.9 Å². The topological polar surface area (TPSA) is 74.8 Å². The molecule has 1 saturated heterocycles. The molecule has 3 amide bonds. The van der Waals surface area contributed by atoms with E-state index in [0.29, 0.717) is 43.5 Å². The summed E-state index contributed by atoms with van der Waals surface area (Å²) in [6, 6.07) is 5.04. The van der Waals surface area contributed by atoms with Gasteiger partial charge in [-0.25, -0.2) is 0 Å². The standard InChI is InChI=1S/C20H23BrN2O4/c1-2-17(24)13-7-10-22(11-8-13)18(25)4-3-9-23-19(26)15-6-5-14(21)12-16(15)20(23)27/h5-6,12-13H,2-4,7-11H2,1H3. The van der Waals surface area contributed by atoms with Gasteiger partial charge >= 0.3 is 0 Å². The van der Waals surface area contributed by atoms with E-state index in [2.05, 4.69) is 15.9 Å². The van der Waals surface area contributed by atoms with Crippen LogP contribution in [-0.2, 0) is 9.59 Å². The van der Waals surface area contributed by atoms with Crippen LogP contribution in [0.15, 0.2) is 22.7 Å². The number of carbonyl (C=O) groups excluding carboxylic acids is 4. The Hall–Kier alpha value is -2.02. The number of fused-ring (bicyclic) bond motifs is 1. The van der Waals surface area contributed by atoms with Crippen molar-refractivity contribution in [2.75, 3.05) is 19.6 Å². The van der Waals surface area contributed by atoms with Gasteiger partial charge in [-0.1, -0.05) is 22.9 Å². The van der Waals surface area contributed by atoms with Crippen molar-refractivity contribution in [3.63, 3.8) is 0 Å². The normalized spacial score (nSPS) is 17.4. The van der Waals surface area contributed by atoms with E-state index in [4.69, 9.17) is 0 Å². The molecular weight excluding hydrogens is 412 g/mol. The Morgan fingerprint density at radius 3 is 2.44 bits per heavy atom. The average Bonchev–Trinajstić information content (AvgIpc) is 2.91. The van der Waals surface area contributed by atoms with Gasteiger partial charge < -0.3 is 4.90 Å². The first-order valence-corrected chi connectivity index (χ1v) is 10.2. The molecule has 144 valence electrons. The molecule has 7 heteroatoms. The molecule has 0 aliphatic carbocycles. The van der Waals surface area contributed by atoms with E-state index in [1.807, 2.05) is 6.92 Å². The molecule has 2 aliphatic heterocycles. The van der Waals surface area contributed by atoms with Gasteiger partial charge in [0.15, 0.2) is 0 Å². The Labute approximate surface area is 167 Å². The molecule has 2 heterocycles. The fourth-order valence-corrected chi connectivity index (χ4v) is 4.11. The molecule has 0 bridgehead atoms. The van der Waals surface area contributed by atoms with Crippen molar-refractivity contribution in [3.8, 4) is 0 Å². The van der Waals surface area contributed by atoms with Gasteiger partial charge in [0.25, 0.3) is 11.8 Å². The lowest BCUT2D eigenvalue weighted by atomic mass is 9.91. The first kappa shape index (κ1) is 19.7. The number of hydrogen-bond acceptors (Lipinski definition) is 4. The predicted molar refractivity (Wildman–Crippen MR) is 103 cm³/mol. The maximum Gasteiger partial charge on any atom is 0.261 e. The molecule has 0 saturated carbocycles. The van der Waals surface area contributed by atoms with Gasteiger partial charge in [0.1, 0.15) is 5.78 Å². The van der Waals surface area contributed by atoms with Crippen molar-refractivity contribution in [2.24, 2.45) is 5.92 Å². The van der Waals surface area contributed by atoms with Gasteiger partial charge in [-0.15, -0.1) is 0 Å². The van der Waals surface area contributed by atoms with E-state index >= 15 is 0 Å². The zero-order valence-electron chi connectivity index (χ0n) is 15.4. The van der Waals surface area contributed by atoms with Gasteiger partial charge in [0.05, 0.1) is 11.1 Å². The van der Waals surface area contributed by atoms with Crippen molar-refractivity contribution < 1.29 is 19.2 Å². The number of amides is 3. The van der Waals surface area contributed by atoms with Crippen molar-refractivity contribution in [2.45, 2.75) is 39.0 Å². The first-order chi connectivity index (χ1) is 12.9. The highest BCUT2D eigenvalue weighted by Gasteiger charge is 2.35. The van der Waals surface area contributed by atoms with Crippen LogP contribution < -0.4 is 0 Å². The first-order valence-electron chi connectivity index (χ1n) is 9.38. The summed E-state index contributed by atoms with van der Waals surface area (Å²) in [4.78, 5) is 52.0. The van der Waals surface area contributed by atoms with Gasteiger partial charge in [-0.2, -0.15) is 0 Å². The zero-order valence-corrected chi connectivity index (χ0v) is 17.0. The molecule has 0 aromatic heterocycles. The highest BCUT2D eigenvalue weighted by molar-refractivity contribution is 9.10. The summed E-state index contributed by atoms with van der Waals surface area (Å²) in [7, 11) is 0. The van der Waals surface area contributed by atoms with Crippen molar-refractivity contribution in [1.82, 2.24) is 9.80 Å². The van der Waals surface area contributed by atoms with Crippen LogP contribution in [0.2, 0.25) is 0 Å². The molecule has 0 atom stereocenters. The number of Topliss-reactive ketones (excluding diaryl/α,β-unsaturated/α-hetero) is 1. The number of imide groups is 1. The summed E-state index contributed by atoms with van der Waals surface area (Å²) >= 11 is 3.31. The molecule has 0 spiro atoms. The molecule has 6 nitrogen and oxygen atoms in total. The molecule has 1 fully saturated rings. The molecule has 0 N–H and O–H groups in total. The molecule has 0 unspecified atom stereocenters. The zero-order chi connectivity index (χ0) is 19.6. The van der Waals surface area contributed by atoms with Crippen LogP contribution in [0.3, 0.4) is 0 Å². The van der Waals surface area contributed by atoms with Crippen molar-refractivity contribution in [3.05, 3.63) is 33.8 Å². The molecule has 0 radical (unpaired) electrons. The van der Waals surface area contributed by atoms with Gasteiger partial charge in [0.2, 0.25) is 5.91 Å². The molecule has 2 aliphatic rings. The minimum atomic E-state index is -0.303. The lowest BCUT2D eigenvalue weighted by Crippen LogP contribution is -2.40. The maximum absolute atomic E-state index is 12.4. The summed E-state index contributed by atoms with van der Waals surface area (Å²) in [6.45, 7) is 3.32. The number of likely N-dealkylation sites (tertiary alicyclic amines) is 1. The third kappa shape index (κ3) is 4.13. The lowest BCUT2D eigenvalue weighted by Gasteiger charge is -2.31. The highest BCUT2D eigenvalue weighted by atomic mass is 79.9. The fourth-order valence-electron chi connectivity index (χ4n) is 3.75. The van der Waals surface area contributed by atoms with Crippen molar-refractivity contribution in [1.29, 1.82) is 0 Å². The number of benzene rings is 1. The van der Waals surface area contributed by atoms with Crippen molar-refractivity contribution >= 4 is 39.4 Å². The smallest absolute Gasteiger partial charge is 0.261 e. The Morgan fingerprint density at radius 1 is 1.11 bits per heavy atom. The number of halogens is 1. The van der Waals surface area contributed by atoms with E-state index in [9.17, 15) is 19.2 Å². The van der Waals surface area contributed by atoms with E-state index in [1.54, 1.807) is 23.1 Å². The van der Waals surface area contributed by atoms with Crippen LogP contribution in [0.5, 0.6) is 0 Å². The second-order valence-corrected chi connectivity index (χ2v) is 7.95. The number of nitrogens with zero attached hydrogens (tertiary/aromatic N) is 2. The SMILES string of the molecule is CCC(=O)C1CCN(C(=O)CCCN2C(=O)c3ccc(Br)cc3C2=O)CC1. The molecule has 1 aromatic rings. The monoisotopic (exact) mass is 434 g/mol. The fraction of sp³-hybridized carbons (Fsp3) is 0.500. The summed E-state index contributed by atoms with van der Waals surface area (Å²) in [5.41, 5.74) is 0.820. The molecular formula is C20H23BrN2O4. The minimum Gasteiger partial charge on any atom is -0.343 e. The summed E-state index contributed by atoms with van der Waals surface area (Å²) < 4.78 is 0.754. The largest absolute Gasteiger partial charge is 0.343 e. The van der Waals surface area contributed by atoms with E-state index in [-0.39, 0.29) is 36.0 Å². The van der Waals surface area contributed by atoms with Crippen LogP contribution in [0.1, 0.15) is 59.7 Å². The van der Waals surface area contributed by atoms with Crippen LogP contribution in [0.4, 0.5) is 0 Å². The number of piperidine rings is 1. The summed E-state index contributed by atoms with van der Waals surface area (Å²) in [5, 5.41) is 0. The van der Waals surface area contributed by atoms with Crippen LogP contribution in [-0.4, -0.2) is 52.9 Å². The Balaban J connectivity index is 1.48. The Morgan fingerprint density at radius 2 is 1.78 bits per heavy atom.